The first-order chi connectivity index (χ1) is 7.13. The highest BCUT2D eigenvalue weighted by atomic mass is 35.5. The van der Waals surface area contributed by atoms with E-state index in [9.17, 15) is 5.11 Å². The van der Waals surface area contributed by atoms with Crippen LogP contribution in [0.3, 0.4) is 0 Å². The zero-order chi connectivity index (χ0) is 11.0. The van der Waals surface area contributed by atoms with Gasteiger partial charge in [0.15, 0.2) is 0 Å². The molecule has 1 N–H and O–H groups in total. The molecule has 0 saturated carbocycles. The van der Waals surface area contributed by atoms with Crippen LogP contribution < -0.4 is 0 Å². The number of aromatic hydroxyl groups is 1. The highest BCUT2D eigenvalue weighted by Crippen LogP contribution is 2.41. The van der Waals surface area contributed by atoms with E-state index < -0.39 is 0 Å². The Morgan fingerprint density at radius 3 is 2.67 bits per heavy atom. The number of hydrogen-bond acceptors (Lipinski definition) is 2. The Kier molecular flexibility index (Phi) is 3.10. The van der Waals surface area contributed by atoms with Crippen LogP contribution >= 0.6 is 34.5 Å². The van der Waals surface area contributed by atoms with Crippen molar-refractivity contribution >= 4 is 44.6 Å². The van der Waals surface area contributed by atoms with Gasteiger partial charge >= 0.3 is 0 Å². The summed E-state index contributed by atoms with van der Waals surface area (Å²) in [7, 11) is 0. The van der Waals surface area contributed by atoms with Crippen molar-refractivity contribution in [1.29, 1.82) is 0 Å². The third-order valence-electron chi connectivity index (χ3n) is 2.22. The number of hydrogen-bond donors (Lipinski definition) is 1. The van der Waals surface area contributed by atoms with Gasteiger partial charge in [-0.15, -0.1) is 11.3 Å². The van der Waals surface area contributed by atoms with Crippen LogP contribution in [0.15, 0.2) is 12.1 Å². The van der Waals surface area contributed by atoms with Gasteiger partial charge in [0.25, 0.3) is 0 Å². The monoisotopic (exact) mass is 260 g/mol. The topological polar surface area (TPSA) is 20.2 Å². The molecule has 0 bridgehead atoms. The molecule has 0 atom stereocenters. The quantitative estimate of drug-likeness (QED) is 0.817. The zero-order valence-electron chi connectivity index (χ0n) is 8.18. The van der Waals surface area contributed by atoms with Crippen molar-refractivity contribution in [2.45, 2.75) is 19.8 Å². The highest BCUT2D eigenvalue weighted by molar-refractivity contribution is 7.19. The molecule has 0 fully saturated rings. The number of benzene rings is 1. The Hall–Kier alpha value is -0.440. The lowest BCUT2D eigenvalue weighted by molar-refractivity contribution is 0.476. The minimum Gasteiger partial charge on any atom is -0.506 e. The van der Waals surface area contributed by atoms with Crippen LogP contribution in [0.4, 0.5) is 0 Å². The molecular formula is C11H10Cl2OS. The Morgan fingerprint density at radius 2 is 2.00 bits per heavy atom. The van der Waals surface area contributed by atoms with E-state index in [0.717, 1.165) is 22.9 Å². The van der Waals surface area contributed by atoms with E-state index in [-0.39, 0.29) is 10.8 Å². The fourth-order valence-electron chi connectivity index (χ4n) is 1.53. The van der Waals surface area contributed by atoms with E-state index in [1.54, 1.807) is 17.4 Å². The van der Waals surface area contributed by atoms with Crippen molar-refractivity contribution in [3.05, 3.63) is 27.1 Å². The molecule has 0 unspecified atom stereocenters. The van der Waals surface area contributed by atoms with Gasteiger partial charge in [-0.1, -0.05) is 36.5 Å². The fourth-order valence-corrected chi connectivity index (χ4v) is 3.24. The van der Waals surface area contributed by atoms with E-state index in [1.807, 2.05) is 0 Å². The lowest BCUT2D eigenvalue weighted by Gasteiger charge is -1.99. The fraction of sp³-hybridized carbons (Fsp3) is 0.273. The Bertz CT molecular complexity index is 505. The second-order valence-corrected chi connectivity index (χ2v) is 5.30. The van der Waals surface area contributed by atoms with Crippen molar-refractivity contribution in [1.82, 2.24) is 0 Å². The summed E-state index contributed by atoms with van der Waals surface area (Å²) in [6.45, 7) is 2.14. The molecule has 15 heavy (non-hydrogen) atoms. The van der Waals surface area contributed by atoms with Crippen LogP contribution in [-0.2, 0) is 6.42 Å². The summed E-state index contributed by atoms with van der Waals surface area (Å²) in [5, 5.41) is 11.2. The van der Waals surface area contributed by atoms with Crippen molar-refractivity contribution in [3.63, 3.8) is 0 Å². The number of aryl methyl sites for hydroxylation is 1. The van der Waals surface area contributed by atoms with Crippen LogP contribution in [0, 0.1) is 0 Å². The van der Waals surface area contributed by atoms with Gasteiger partial charge < -0.3 is 5.11 Å². The molecule has 2 rings (SSSR count). The van der Waals surface area contributed by atoms with E-state index in [4.69, 9.17) is 23.2 Å². The molecule has 0 amide bonds. The smallest absolute Gasteiger partial charge is 0.136 e. The number of halogens is 2. The first-order valence-electron chi connectivity index (χ1n) is 4.73. The highest BCUT2D eigenvalue weighted by Gasteiger charge is 2.12. The molecule has 0 aliphatic carbocycles. The largest absolute Gasteiger partial charge is 0.506 e. The maximum absolute atomic E-state index is 9.53. The molecular weight excluding hydrogens is 251 g/mol. The summed E-state index contributed by atoms with van der Waals surface area (Å²) in [5.41, 5.74) is 0. The first kappa shape index (κ1) is 11.1. The Morgan fingerprint density at radius 1 is 1.27 bits per heavy atom. The maximum atomic E-state index is 9.53. The first-order valence-corrected chi connectivity index (χ1v) is 6.30. The zero-order valence-corrected chi connectivity index (χ0v) is 10.5. The molecule has 0 radical (unpaired) electrons. The third kappa shape index (κ3) is 1.94. The van der Waals surface area contributed by atoms with E-state index in [2.05, 4.69) is 13.0 Å². The van der Waals surface area contributed by atoms with Gasteiger partial charge in [0.2, 0.25) is 0 Å². The number of phenols is 1. The van der Waals surface area contributed by atoms with Gasteiger partial charge in [-0.25, -0.2) is 0 Å². The van der Waals surface area contributed by atoms with Crippen molar-refractivity contribution < 1.29 is 5.11 Å². The minimum absolute atomic E-state index is 0.0509. The van der Waals surface area contributed by atoms with Crippen molar-refractivity contribution in [3.8, 4) is 5.75 Å². The molecule has 1 heterocycles. The lowest BCUT2D eigenvalue weighted by atomic mass is 10.2. The van der Waals surface area contributed by atoms with Crippen LogP contribution in [0.25, 0.3) is 10.1 Å². The Balaban J connectivity index is 2.65. The van der Waals surface area contributed by atoms with Crippen LogP contribution in [0.5, 0.6) is 5.75 Å². The van der Waals surface area contributed by atoms with Crippen molar-refractivity contribution in [2.24, 2.45) is 0 Å². The second-order valence-electron chi connectivity index (χ2n) is 3.40. The van der Waals surface area contributed by atoms with E-state index in [1.165, 1.54) is 4.88 Å². The number of fused-ring (bicyclic) bond motifs is 1. The minimum atomic E-state index is 0.0509. The maximum Gasteiger partial charge on any atom is 0.136 e. The second kappa shape index (κ2) is 4.20. The predicted octanol–water partition coefficient (Wildman–Crippen LogP) is 4.87. The summed E-state index contributed by atoms with van der Waals surface area (Å²) in [4.78, 5) is 1.27. The molecule has 0 aliphatic heterocycles. The van der Waals surface area contributed by atoms with E-state index in [0.29, 0.717) is 5.02 Å². The average molecular weight is 261 g/mol. The van der Waals surface area contributed by atoms with Gasteiger partial charge in [-0.2, -0.15) is 0 Å². The average Bonchev–Trinajstić information content (AvgIpc) is 2.58. The number of rotatable bonds is 2. The molecule has 0 saturated heterocycles. The van der Waals surface area contributed by atoms with Crippen LogP contribution in [0.1, 0.15) is 18.2 Å². The SMILES string of the molecule is CCCc1cc2cc(O)c(Cl)c(Cl)c2s1. The van der Waals surface area contributed by atoms with Crippen LogP contribution in [-0.4, -0.2) is 5.11 Å². The predicted molar refractivity (Wildman–Crippen MR) is 67.5 cm³/mol. The van der Waals surface area contributed by atoms with Gasteiger partial charge in [-0.3, -0.25) is 0 Å². The van der Waals surface area contributed by atoms with Crippen molar-refractivity contribution in [2.75, 3.05) is 0 Å². The molecule has 2 aromatic rings. The molecule has 1 aromatic carbocycles. The van der Waals surface area contributed by atoms with Gasteiger partial charge in [0.1, 0.15) is 10.8 Å². The molecule has 0 spiro atoms. The third-order valence-corrected chi connectivity index (χ3v) is 4.41. The van der Waals surface area contributed by atoms with E-state index >= 15 is 0 Å². The molecule has 1 aromatic heterocycles. The summed E-state index contributed by atoms with van der Waals surface area (Å²) >= 11 is 13.6. The Labute approximate surface area is 102 Å². The molecule has 4 heteroatoms. The number of phenolic OH excluding ortho intramolecular Hbond substituents is 1. The molecule has 1 nitrogen and oxygen atoms in total. The standard InChI is InChI=1S/C11H10Cl2OS/c1-2-3-7-4-6-5-8(14)9(12)10(13)11(6)15-7/h4-5,14H,2-3H2,1H3. The normalized spacial score (nSPS) is 11.1. The number of thiophene rings is 1. The molecule has 80 valence electrons. The summed E-state index contributed by atoms with van der Waals surface area (Å²) in [6, 6.07) is 3.73. The summed E-state index contributed by atoms with van der Waals surface area (Å²) in [6.07, 6.45) is 2.14. The van der Waals surface area contributed by atoms with Gasteiger partial charge in [-0.05, 0) is 23.9 Å². The lowest BCUT2D eigenvalue weighted by Crippen LogP contribution is -1.72. The van der Waals surface area contributed by atoms with Gasteiger partial charge in [0, 0.05) is 4.88 Å². The summed E-state index contributed by atoms with van der Waals surface area (Å²) < 4.78 is 0.961. The van der Waals surface area contributed by atoms with Gasteiger partial charge in [0.05, 0.1) is 9.72 Å². The summed E-state index contributed by atoms with van der Waals surface area (Å²) in [5.74, 6) is 0.0509. The van der Waals surface area contributed by atoms with Crippen LogP contribution in [0.2, 0.25) is 10.0 Å². The molecule has 0 aliphatic rings.